The van der Waals surface area contributed by atoms with Gasteiger partial charge in [-0.25, -0.2) is 9.72 Å². The molecule has 0 bridgehead atoms. The summed E-state index contributed by atoms with van der Waals surface area (Å²) in [6.07, 6.45) is 4.15. The first-order valence-electron chi connectivity index (χ1n) is 6.18. The Bertz CT molecular complexity index is 549. The molecular formula is C12H14F2N2O2S2. The molecule has 0 aromatic carbocycles. The van der Waals surface area contributed by atoms with E-state index in [1.54, 1.807) is 0 Å². The smallest absolute Gasteiger partial charge is 0.266 e. The zero-order valence-corrected chi connectivity index (χ0v) is 12.3. The van der Waals surface area contributed by atoms with Gasteiger partial charge in [0.2, 0.25) is 0 Å². The van der Waals surface area contributed by atoms with Crippen molar-refractivity contribution < 1.29 is 17.7 Å². The lowest BCUT2D eigenvalue weighted by molar-refractivity contribution is -0.456. The lowest BCUT2D eigenvalue weighted by atomic mass is 10.4. The van der Waals surface area contributed by atoms with Crippen molar-refractivity contribution in [2.75, 3.05) is 12.3 Å². The molecule has 1 heterocycles. The molecule has 8 heteroatoms. The fraction of sp³-hybridized carbons (Fsp3) is 0.500. The van der Waals surface area contributed by atoms with Crippen molar-refractivity contribution in [1.29, 1.82) is 0 Å². The van der Waals surface area contributed by atoms with Gasteiger partial charge in [-0.1, -0.05) is 11.3 Å². The maximum absolute atomic E-state index is 11.8. The third-order valence-corrected chi connectivity index (χ3v) is 5.34. The summed E-state index contributed by atoms with van der Waals surface area (Å²) in [5, 5.41) is 11.6. The lowest BCUT2D eigenvalue weighted by Crippen LogP contribution is -2.08. The molecule has 0 aliphatic heterocycles. The first-order chi connectivity index (χ1) is 9.54. The van der Waals surface area contributed by atoms with Crippen molar-refractivity contribution in [2.24, 2.45) is 5.92 Å². The van der Waals surface area contributed by atoms with Gasteiger partial charge >= 0.3 is 0 Å². The normalized spacial score (nSPS) is 17.0. The molecular weight excluding hydrogens is 306 g/mol. The number of nitrogens with zero attached hydrogens (tertiary/aromatic N) is 2. The predicted molar refractivity (Wildman–Crippen MR) is 74.7 cm³/mol. The van der Waals surface area contributed by atoms with Gasteiger partial charge in [0.25, 0.3) is 6.08 Å². The van der Waals surface area contributed by atoms with E-state index in [9.17, 15) is 18.2 Å². The highest BCUT2D eigenvalue weighted by atomic mass is 32.2. The van der Waals surface area contributed by atoms with E-state index >= 15 is 0 Å². The van der Waals surface area contributed by atoms with Crippen LogP contribution >= 0.6 is 11.3 Å². The molecule has 20 heavy (non-hydrogen) atoms. The summed E-state index contributed by atoms with van der Waals surface area (Å²) >= 11 is 1.16. The van der Waals surface area contributed by atoms with E-state index in [4.69, 9.17) is 0 Å². The molecule has 0 saturated heterocycles. The van der Waals surface area contributed by atoms with Crippen LogP contribution in [0.3, 0.4) is 0 Å². The van der Waals surface area contributed by atoms with Gasteiger partial charge in [0.15, 0.2) is 17.1 Å². The molecule has 1 saturated carbocycles. The molecule has 1 aliphatic rings. The summed E-state index contributed by atoms with van der Waals surface area (Å²) in [6.45, 7) is 0.483. The molecule has 2 rings (SSSR count). The van der Waals surface area contributed by atoms with Crippen LogP contribution in [0.2, 0.25) is 0 Å². The van der Waals surface area contributed by atoms with Gasteiger partial charge in [0.05, 0.1) is 17.0 Å². The van der Waals surface area contributed by atoms with E-state index in [0.29, 0.717) is 21.7 Å². The Labute approximate surface area is 121 Å². The lowest BCUT2D eigenvalue weighted by Gasteiger charge is -2.00. The Kier molecular flexibility index (Phi) is 5.36. The SMILES string of the molecule is O=S(CCC=C(F)F)c1ncc(/C=[N+](\[O-])CC2CC2)s1. The summed E-state index contributed by atoms with van der Waals surface area (Å²) in [5.74, 6) is 0.598. The van der Waals surface area contributed by atoms with Crippen LogP contribution in [0.25, 0.3) is 0 Å². The standard InChI is InChI=1S/C12H14F2N2O2S2/c13-11(14)2-1-5-20(18)12-15-6-10(19-12)8-16(17)7-9-3-4-9/h2,6,8-9H,1,3-5,7H2/b16-8-. The molecule has 4 nitrogen and oxygen atoms in total. The second-order valence-corrected chi connectivity index (χ2v) is 7.34. The highest BCUT2D eigenvalue weighted by Crippen LogP contribution is 2.28. The van der Waals surface area contributed by atoms with Crippen molar-refractivity contribution >= 4 is 28.4 Å². The average Bonchev–Trinajstić information content (AvgIpc) is 3.04. The molecule has 1 unspecified atom stereocenters. The van der Waals surface area contributed by atoms with Gasteiger partial charge < -0.3 is 5.21 Å². The fourth-order valence-corrected chi connectivity index (χ4v) is 3.72. The topological polar surface area (TPSA) is 56.0 Å². The number of hydrogen-bond donors (Lipinski definition) is 0. The number of allylic oxidation sites excluding steroid dienone is 1. The molecule has 1 aromatic rings. The monoisotopic (exact) mass is 320 g/mol. The van der Waals surface area contributed by atoms with Gasteiger partial charge in [-0.15, -0.1) is 0 Å². The zero-order valence-electron chi connectivity index (χ0n) is 10.6. The second kappa shape index (κ2) is 7.03. The maximum Gasteiger partial charge on any atom is 0.266 e. The number of rotatable bonds is 7. The van der Waals surface area contributed by atoms with Crippen LogP contribution in [0, 0.1) is 11.1 Å². The maximum atomic E-state index is 11.8. The fourth-order valence-electron chi connectivity index (χ4n) is 1.55. The van der Waals surface area contributed by atoms with E-state index in [1.165, 1.54) is 12.4 Å². The van der Waals surface area contributed by atoms with Crippen molar-refractivity contribution in [3.63, 3.8) is 0 Å². The van der Waals surface area contributed by atoms with Crippen molar-refractivity contribution in [2.45, 2.75) is 23.6 Å². The van der Waals surface area contributed by atoms with Crippen LogP contribution in [0.1, 0.15) is 24.1 Å². The van der Waals surface area contributed by atoms with E-state index in [1.807, 2.05) is 0 Å². The van der Waals surface area contributed by atoms with Gasteiger partial charge in [0, 0.05) is 11.7 Å². The molecule has 1 fully saturated rings. The van der Waals surface area contributed by atoms with E-state index in [0.717, 1.165) is 35.0 Å². The summed E-state index contributed by atoms with van der Waals surface area (Å²) in [5.41, 5.74) is 0. The van der Waals surface area contributed by atoms with Crippen LogP contribution in [0.5, 0.6) is 0 Å². The highest BCUT2D eigenvalue weighted by molar-refractivity contribution is 7.87. The minimum absolute atomic E-state index is 0.0446. The van der Waals surface area contributed by atoms with E-state index in [2.05, 4.69) is 4.98 Å². The second-order valence-electron chi connectivity index (χ2n) is 4.53. The van der Waals surface area contributed by atoms with Crippen LogP contribution in [0.4, 0.5) is 8.78 Å². The molecule has 0 radical (unpaired) electrons. The Morgan fingerprint density at radius 1 is 1.60 bits per heavy atom. The predicted octanol–water partition coefficient (Wildman–Crippen LogP) is 2.76. The third-order valence-electron chi connectivity index (χ3n) is 2.71. The summed E-state index contributed by atoms with van der Waals surface area (Å²) in [7, 11) is -1.40. The summed E-state index contributed by atoms with van der Waals surface area (Å²) < 4.78 is 36.7. The van der Waals surface area contributed by atoms with Crippen molar-refractivity contribution in [3.8, 4) is 0 Å². The molecule has 1 atom stereocenters. The van der Waals surface area contributed by atoms with Gasteiger partial charge in [0.1, 0.15) is 4.88 Å². The van der Waals surface area contributed by atoms with Gasteiger partial charge in [-0.2, -0.15) is 8.78 Å². The average molecular weight is 320 g/mol. The Hall–Kier alpha value is -1.15. The molecule has 0 N–H and O–H groups in total. The number of hydrogen-bond acceptors (Lipinski definition) is 4. The summed E-state index contributed by atoms with van der Waals surface area (Å²) in [4.78, 5) is 4.61. The van der Waals surface area contributed by atoms with E-state index < -0.39 is 16.9 Å². The number of thiazole rings is 1. The first-order valence-corrected chi connectivity index (χ1v) is 8.32. The molecule has 1 aliphatic carbocycles. The summed E-state index contributed by atoms with van der Waals surface area (Å²) in [6, 6.07) is 0. The van der Waals surface area contributed by atoms with Crippen LogP contribution in [-0.2, 0) is 10.8 Å². The number of halogens is 2. The molecule has 0 amide bonds. The molecule has 0 spiro atoms. The van der Waals surface area contributed by atoms with Crippen molar-refractivity contribution in [1.82, 2.24) is 4.98 Å². The van der Waals surface area contributed by atoms with Crippen LogP contribution in [0.15, 0.2) is 22.7 Å². The Morgan fingerprint density at radius 3 is 3.00 bits per heavy atom. The molecule has 1 aromatic heterocycles. The van der Waals surface area contributed by atoms with E-state index in [-0.39, 0.29) is 12.2 Å². The number of aromatic nitrogens is 1. The zero-order chi connectivity index (χ0) is 14.5. The molecule has 110 valence electrons. The van der Waals surface area contributed by atoms with Crippen LogP contribution in [-0.4, -0.2) is 32.4 Å². The highest BCUT2D eigenvalue weighted by Gasteiger charge is 2.25. The minimum Gasteiger partial charge on any atom is -0.624 e. The van der Waals surface area contributed by atoms with Gasteiger partial charge in [-0.05, 0) is 25.3 Å². The van der Waals surface area contributed by atoms with Gasteiger partial charge in [-0.3, -0.25) is 4.21 Å². The Balaban J connectivity index is 1.90. The quantitative estimate of drug-likeness (QED) is 0.336. The number of hydroxylamine groups is 1. The van der Waals surface area contributed by atoms with Crippen molar-refractivity contribution in [3.05, 3.63) is 28.4 Å². The Morgan fingerprint density at radius 2 is 2.35 bits per heavy atom. The largest absolute Gasteiger partial charge is 0.624 e. The minimum atomic E-state index is -1.77. The first kappa shape index (κ1) is 15.2. The van der Waals surface area contributed by atoms with Crippen LogP contribution < -0.4 is 0 Å². The third kappa shape index (κ3) is 5.09.